The Hall–Kier alpha value is -0.650. The van der Waals surface area contributed by atoms with Crippen LogP contribution in [0.3, 0.4) is 0 Å². The van der Waals surface area contributed by atoms with E-state index in [1.165, 1.54) is 0 Å². The van der Waals surface area contributed by atoms with Gasteiger partial charge < -0.3 is 29.1 Å². The van der Waals surface area contributed by atoms with E-state index >= 15 is 0 Å². The van der Waals surface area contributed by atoms with Crippen LogP contribution in [0.25, 0.3) is 0 Å². The molecule has 0 fully saturated rings. The van der Waals surface area contributed by atoms with Gasteiger partial charge in [0.2, 0.25) is 0 Å². The minimum absolute atomic E-state index is 0. The third-order valence-electron chi connectivity index (χ3n) is 1.27. The van der Waals surface area contributed by atoms with Gasteiger partial charge in [-0.15, -0.1) is 0 Å². The molecule has 0 aliphatic rings. The first-order valence-corrected chi connectivity index (χ1v) is 2.90. The Kier molecular flexibility index (Phi) is 4.02. The molecule has 60 valence electrons. The summed E-state index contributed by atoms with van der Waals surface area (Å²) < 4.78 is 1.56. The lowest BCUT2D eigenvalue weighted by molar-refractivity contribution is -0.674. The van der Waals surface area contributed by atoms with E-state index < -0.39 is 5.97 Å². The molecule has 0 saturated heterocycles. The van der Waals surface area contributed by atoms with E-state index in [0.29, 0.717) is 5.69 Å². The van der Waals surface area contributed by atoms with E-state index in [0.717, 1.165) is 0 Å². The normalized spacial score (nSPS) is 8.45. The lowest BCUT2D eigenvalue weighted by Crippen LogP contribution is -3.00. The molecule has 0 saturated carbocycles. The number of aromatic carboxylic acids is 1. The molecular weight excluding hydrogens is 257 g/mol. The molecule has 0 spiro atoms. The Morgan fingerprint density at radius 1 is 1.55 bits per heavy atom. The monoisotopic (exact) mass is 265 g/mol. The van der Waals surface area contributed by atoms with Crippen LogP contribution in [0.15, 0.2) is 24.4 Å². The van der Waals surface area contributed by atoms with Crippen molar-refractivity contribution < 1.29 is 38.4 Å². The molecule has 0 aliphatic heterocycles. The van der Waals surface area contributed by atoms with E-state index in [9.17, 15) is 4.79 Å². The van der Waals surface area contributed by atoms with Crippen molar-refractivity contribution in [3.05, 3.63) is 30.1 Å². The first kappa shape index (κ1) is 10.3. The van der Waals surface area contributed by atoms with Crippen LogP contribution in [-0.2, 0) is 7.05 Å². The fourth-order valence-electron chi connectivity index (χ4n) is 0.746. The molecule has 0 aromatic carbocycles. The van der Waals surface area contributed by atoms with Crippen LogP contribution in [0, 0.1) is 0 Å². The minimum Gasteiger partial charge on any atom is -1.00 e. The predicted octanol–water partition coefficient (Wildman–Crippen LogP) is -2.79. The molecule has 1 aromatic rings. The van der Waals surface area contributed by atoms with Gasteiger partial charge in [-0.05, 0) is 6.07 Å². The smallest absolute Gasteiger partial charge is 0.401 e. The number of carbonyl (C=O) groups is 1. The Morgan fingerprint density at radius 3 is 2.55 bits per heavy atom. The van der Waals surface area contributed by atoms with Gasteiger partial charge in [0, 0.05) is 12.1 Å². The second-order valence-corrected chi connectivity index (χ2v) is 2.00. The number of aryl methyl sites for hydroxylation is 1. The fraction of sp³-hybridized carbons (Fsp3) is 0.143. The Labute approximate surface area is 81.7 Å². The number of halogens is 1. The number of rotatable bonds is 1. The van der Waals surface area contributed by atoms with Gasteiger partial charge in [-0.2, -0.15) is 4.57 Å². The minimum atomic E-state index is -0.900. The van der Waals surface area contributed by atoms with Crippen LogP contribution < -0.4 is 28.5 Å². The van der Waals surface area contributed by atoms with Crippen molar-refractivity contribution in [3.63, 3.8) is 0 Å². The maximum atomic E-state index is 10.4. The van der Waals surface area contributed by atoms with Gasteiger partial charge in [-0.25, -0.2) is 4.79 Å². The van der Waals surface area contributed by atoms with E-state index in [2.05, 4.69) is 0 Å². The van der Waals surface area contributed by atoms with E-state index in [1.807, 2.05) is 0 Å². The molecule has 0 amide bonds. The van der Waals surface area contributed by atoms with Gasteiger partial charge in [0.1, 0.15) is 7.05 Å². The van der Waals surface area contributed by atoms with Gasteiger partial charge in [-0.3, -0.25) is 0 Å². The average molecular weight is 265 g/mol. The van der Waals surface area contributed by atoms with Crippen molar-refractivity contribution in [2.24, 2.45) is 7.05 Å². The number of hydrogen-bond donors (Lipinski definition) is 1. The highest BCUT2D eigenvalue weighted by Crippen LogP contribution is 1.88. The van der Waals surface area contributed by atoms with Crippen LogP contribution in [0.2, 0.25) is 0 Å². The van der Waals surface area contributed by atoms with Crippen LogP contribution >= 0.6 is 0 Å². The van der Waals surface area contributed by atoms with E-state index in [-0.39, 0.29) is 24.0 Å². The molecular formula is C7H8INO2. The molecule has 1 heterocycles. The maximum Gasteiger partial charge on any atom is 0.401 e. The van der Waals surface area contributed by atoms with Gasteiger partial charge in [-0.1, -0.05) is 0 Å². The first-order chi connectivity index (χ1) is 4.72. The van der Waals surface area contributed by atoms with E-state index in [1.54, 1.807) is 36.0 Å². The third-order valence-corrected chi connectivity index (χ3v) is 1.27. The zero-order valence-electron chi connectivity index (χ0n) is 5.99. The number of carboxylic acids is 1. The summed E-state index contributed by atoms with van der Waals surface area (Å²) in [5.74, 6) is -0.900. The number of pyridine rings is 1. The number of nitrogens with zero attached hydrogens (tertiary/aromatic N) is 1. The van der Waals surface area contributed by atoms with Crippen molar-refractivity contribution in [2.75, 3.05) is 0 Å². The second kappa shape index (κ2) is 4.27. The van der Waals surface area contributed by atoms with Crippen molar-refractivity contribution in [3.8, 4) is 0 Å². The van der Waals surface area contributed by atoms with Gasteiger partial charge >= 0.3 is 5.97 Å². The quantitative estimate of drug-likeness (QED) is 0.440. The molecule has 0 atom stereocenters. The molecule has 1 aromatic heterocycles. The molecule has 11 heavy (non-hydrogen) atoms. The van der Waals surface area contributed by atoms with Crippen LogP contribution in [0.1, 0.15) is 10.5 Å². The summed E-state index contributed by atoms with van der Waals surface area (Å²) in [7, 11) is 1.70. The fourth-order valence-corrected chi connectivity index (χ4v) is 0.746. The van der Waals surface area contributed by atoms with Crippen molar-refractivity contribution in [1.82, 2.24) is 0 Å². The Balaban J connectivity index is 0.000001000. The highest BCUT2D eigenvalue weighted by Gasteiger charge is 2.11. The summed E-state index contributed by atoms with van der Waals surface area (Å²) >= 11 is 0. The highest BCUT2D eigenvalue weighted by atomic mass is 127. The maximum absolute atomic E-state index is 10.4. The SMILES string of the molecule is C[n+]1ccccc1C(=O)O.[I-]. The Morgan fingerprint density at radius 2 is 2.18 bits per heavy atom. The third kappa shape index (κ3) is 2.45. The van der Waals surface area contributed by atoms with Gasteiger partial charge in [0.25, 0.3) is 5.69 Å². The Bertz CT molecular complexity index is 262. The van der Waals surface area contributed by atoms with Crippen LogP contribution in [0.4, 0.5) is 0 Å². The van der Waals surface area contributed by atoms with Crippen LogP contribution in [-0.4, -0.2) is 11.1 Å². The summed E-state index contributed by atoms with van der Waals surface area (Å²) in [6, 6.07) is 5.04. The number of carboxylic acid groups (broad SMARTS) is 1. The zero-order valence-corrected chi connectivity index (χ0v) is 8.15. The van der Waals surface area contributed by atoms with Gasteiger partial charge in [0.15, 0.2) is 6.20 Å². The molecule has 3 nitrogen and oxygen atoms in total. The first-order valence-electron chi connectivity index (χ1n) is 2.90. The molecule has 0 aliphatic carbocycles. The summed E-state index contributed by atoms with van der Waals surface area (Å²) in [5, 5.41) is 8.54. The number of hydrogen-bond acceptors (Lipinski definition) is 1. The highest BCUT2D eigenvalue weighted by molar-refractivity contribution is 5.83. The molecule has 1 rings (SSSR count). The molecule has 1 N–H and O–H groups in total. The average Bonchev–Trinajstić information content (AvgIpc) is 1.88. The lowest BCUT2D eigenvalue weighted by atomic mass is 10.3. The summed E-state index contributed by atoms with van der Waals surface area (Å²) in [6.45, 7) is 0. The standard InChI is InChI=1S/C7H7NO2.HI/c1-8-5-3-2-4-6(8)7(9)10;/h2-5H,1H3;1H. The summed E-state index contributed by atoms with van der Waals surface area (Å²) in [5.41, 5.74) is 0.294. The van der Waals surface area contributed by atoms with Gasteiger partial charge in [0.05, 0.1) is 0 Å². The summed E-state index contributed by atoms with van der Waals surface area (Å²) in [4.78, 5) is 10.4. The van der Waals surface area contributed by atoms with Crippen molar-refractivity contribution >= 4 is 5.97 Å². The van der Waals surface area contributed by atoms with Crippen LogP contribution in [0.5, 0.6) is 0 Å². The largest absolute Gasteiger partial charge is 1.00 e. The van der Waals surface area contributed by atoms with Crippen molar-refractivity contribution in [1.29, 1.82) is 0 Å². The molecule has 0 bridgehead atoms. The molecule has 4 heteroatoms. The zero-order chi connectivity index (χ0) is 7.56. The topological polar surface area (TPSA) is 41.2 Å². The lowest BCUT2D eigenvalue weighted by Gasteiger charge is -1.90. The molecule has 0 unspecified atom stereocenters. The van der Waals surface area contributed by atoms with Crippen molar-refractivity contribution in [2.45, 2.75) is 0 Å². The summed E-state index contributed by atoms with van der Waals surface area (Å²) in [6.07, 6.45) is 1.70. The predicted molar refractivity (Wildman–Crippen MR) is 34.6 cm³/mol. The van der Waals surface area contributed by atoms with E-state index in [4.69, 9.17) is 5.11 Å². The molecule has 0 radical (unpaired) electrons. The number of aromatic nitrogens is 1. The second-order valence-electron chi connectivity index (χ2n) is 2.00.